The lowest BCUT2D eigenvalue weighted by molar-refractivity contribution is 0.0602. The van der Waals surface area contributed by atoms with Gasteiger partial charge in [0.05, 0.1) is 24.0 Å². The first-order valence-electron chi connectivity index (χ1n) is 9.74. The normalized spacial score (nSPS) is 11.4. The Morgan fingerprint density at radius 3 is 2.29 bits per heavy atom. The highest BCUT2D eigenvalue weighted by atomic mass is 35.5. The average Bonchev–Trinajstić information content (AvgIpc) is 2.73. The number of carbonyl (C=O) groups excluding carboxylic acids is 2. The van der Waals surface area contributed by atoms with Crippen LogP contribution in [0.1, 0.15) is 47.4 Å². The molecule has 10 heteroatoms. The number of carbonyl (C=O) groups is 2. The maximum absolute atomic E-state index is 13.0. The van der Waals surface area contributed by atoms with Crippen molar-refractivity contribution in [3.63, 3.8) is 0 Å². The zero-order valence-electron chi connectivity index (χ0n) is 17.6. The number of nitrogens with zero attached hydrogens (tertiary/aromatic N) is 1. The smallest absolute Gasteiger partial charge is 0.340 e. The van der Waals surface area contributed by atoms with Gasteiger partial charge in [0.15, 0.2) is 0 Å². The number of halogens is 1. The van der Waals surface area contributed by atoms with Crippen LogP contribution in [0.5, 0.6) is 0 Å². The summed E-state index contributed by atoms with van der Waals surface area (Å²) in [6.07, 6.45) is 1.34. The van der Waals surface area contributed by atoms with Crippen LogP contribution >= 0.6 is 11.6 Å². The number of nitrogens with one attached hydrogen (secondary N) is 1. The van der Waals surface area contributed by atoms with Gasteiger partial charge in [0.2, 0.25) is 10.0 Å². The molecule has 1 amide bonds. The predicted molar refractivity (Wildman–Crippen MR) is 121 cm³/mol. The third kappa shape index (κ3) is 5.75. The second kappa shape index (κ2) is 10.6. The van der Waals surface area contributed by atoms with Gasteiger partial charge in [-0.1, -0.05) is 25.4 Å². The molecule has 0 atom stereocenters. The van der Waals surface area contributed by atoms with Gasteiger partial charge in [0.1, 0.15) is 4.90 Å². The number of amides is 1. The van der Waals surface area contributed by atoms with Crippen LogP contribution in [0.4, 0.5) is 11.4 Å². The molecule has 0 spiro atoms. The number of methoxy groups -OCH3 is 1. The summed E-state index contributed by atoms with van der Waals surface area (Å²) < 4.78 is 32.0. The Bertz CT molecular complexity index is 1070. The summed E-state index contributed by atoms with van der Waals surface area (Å²) in [5, 5.41) is 2.91. The molecule has 0 aliphatic heterocycles. The second-order valence-corrected chi connectivity index (χ2v) is 9.14. The van der Waals surface area contributed by atoms with Crippen molar-refractivity contribution in [2.24, 2.45) is 0 Å². The van der Waals surface area contributed by atoms with Crippen molar-refractivity contribution in [1.29, 1.82) is 0 Å². The standard InChI is InChI=1S/C21H26ClN3O5S/c1-4-10-25(11-5-2)31(28,29)19-9-6-14(12-17(19)23)20(26)24-18-8-7-15(22)13-16(18)21(27)30-3/h6-9,12-13H,4-5,10-11,23H2,1-3H3,(H,24,26). The van der Waals surface area contributed by atoms with Gasteiger partial charge in [-0.25, -0.2) is 13.2 Å². The molecule has 0 aromatic heterocycles. The molecule has 0 heterocycles. The van der Waals surface area contributed by atoms with E-state index in [0.717, 1.165) is 0 Å². The van der Waals surface area contributed by atoms with E-state index in [1.54, 1.807) is 0 Å². The van der Waals surface area contributed by atoms with Gasteiger partial charge in [-0.15, -0.1) is 0 Å². The molecule has 0 saturated carbocycles. The fraction of sp³-hybridized carbons (Fsp3) is 0.333. The number of hydrogen-bond donors (Lipinski definition) is 2. The Kier molecular flexibility index (Phi) is 8.43. The maximum Gasteiger partial charge on any atom is 0.340 e. The highest BCUT2D eigenvalue weighted by Gasteiger charge is 2.26. The second-order valence-electron chi connectivity index (χ2n) is 6.79. The molecule has 3 N–H and O–H groups in total. The van der Waals surface area contributed by atoms with Gasteiger partial charge in [-0.05, 0) is 49.2 Å². The number of rotatable bonds is 9. The molecule has 0 bridgehead atoms. The molecule has 8 nitrogen and oxygen atoms in total. The van der Waals surface area contributed by atoms with Crippen LogP contribution in [0, 0.1) is 0 Å². The lowest BCUT2D eigenvalue weighted by Crippen LogP contribution is -2.33. The number of hydrogen-bond acceptors (Lipinski definition) is 6. The van der Waals surface area contributed by atoms with Crippen molar-refractivity contribution < 1.29 is 22.7 Å². The van der Waals surface area contributed by atoms with E-state index in [4.69, 9.17) is 22.1 Å². The molecule has 168 valence electrons. The first kappa shape index (κ1) is 24.6. The molecule has 2 aromatic rings. The molecule has 31 heavy (non-hydrogen) atoms. The van der Waals surface area contributed by atoms with E-state index >= 15 is 0 Å². The summed E-state index contributed by atoms with van der Waals surface area (Å²) in [5.41, 5.74) is 6.41. The maximum atomic E-state index is 13.0. The summed E-state index contributed by atoms with van der Waals surface area (Å²) in [6, 6.07) is 8.37. The van der Waals surface area contributed by atoms with Crippen LogP contribution in [0.15, 0.2) is 41.3 Å². The average molecular weight is 468 g/mol. The van der Waals surface area contributed by atoms with Gasteiger partial charge in [-0.2, -0.15) is 4.31 Å². The number of esters is 1. The van der Waals surface area contributed by atoms with Gasteiger partial charge < -0.3 is 15.8 Å². The highest BCUT2D eigenvalue weighted by Crippen LogP contribution is 2.26. The van der Waals surface area contributed by atoms with Crippen LogP contribution in [-0.4, -0.2) is 44.8 Å². The monoisotopic (exact) mass is 467 g/mol. The van der Waals surface area contributed by atoms with Gasteiger partial charge >= 0.3 is 5.97 Å². The van der Waals surface area contributed by atoms with Gasteiger partial charge in [0, 0.05) is 23.7 Å². The van der Waals surface area contributed by atoms with E-state index in [1.165, 1.54) is 47.8 Å². The third-order valence-electron chi connectivity index (χ3n) is 4.47. The lowest BCUT2D eigenvalue weighted by atomic mass is 10.1. The summed E-state index contributed by atoms with van der Waals surface area (Å²) in [6.45, 7) is 4.55. The predicted octanol–water partition coefficient (Wildman–Crippen LogP) is 3.77. The zero-order chi connectivity index (χ0) is 23.2. The van der Waals surface area contributed by atoms with Crippen molar-refractivity contribution in [3.05, 3.63) is 52.5 Å². The molecule has 2 rings (SSSR count). The van der Waals surface area contributed by atoms with E-state index in [0.29, 0.717) is 31.0 Å². The molecule has 0 fully saturated rings. The Hall–Kier alpha value is -2.62. The van der Waals surface area contributed by atoms with Crippen molar-refractivity contribution in [1.82, 2.24) is 4.31 Å². The quantitative estimate of drug-likeness (QED) is 0.428. The van der Waals surface area contributed by atoms with Crippen LogP contribution < -0.4 is 11.1 Å². The third-order valence-corrected chi connectivity index (χ3v) is 6.68. The van der Waals surface area contributed by atoms with Crippen LogP contribution in [0.25, 0.3) is 0 Å². The molecule has 0 radical (unpaired) electrons. The van der Waals surface area contributed by atoms with E-state index < -0.39 is 21.9 Å². The largest absolute Gasteiger partial charge is 0.465 e. The molecular formula is C21H26ClN3O5S. The Morgan fingerprint density at radius 2 is 1.74 bits per heavy atom. The number of benzene rings is 2. The molecule has 2 aromatic carbocycles. The summed E-state index contributed by atoms with van der Waals surface area (Å²) >= 11 is 5.92. The van der Waals surface area contributed by atoms with Crippen LogP contribution in [0.3, 0.4) is 0 Å². The minimum atomic E-state index is -3.78. The SMILES string of the molecule is CCCN(CCC)S(=O)(=O)c1ccc(C(=O)Nc2ccc(Cl)cc2C(=O)OC)cc1N. The van der Waals surface area contributed by atoms with Gasteiger partial charge in [-0.3, -0.25) is 4.79 Å². The lowest BCUT2D eigenvalue weighted by Gasteiger charge is -2.22. The van der Waals surface area contributed by atoms with E-state index in [9.17, 15) is 18.0 Å². The summed E-state index contributed by atoms with van der Waals surface area (Å²) in [4.78, 5) is 24.6. The Morgan fingerprint density at radius 1 is 1.10 bits per heavy atom. The van der Waals surface area contributed by atoms with Crippen molar-refractivity contribution in [2.45, 2.75) is 31.6 Å². The first-order valence-corrected chi connectivity index (χ1v) is 11.6. The van der Waals surface area contributed by atoms with E-state index in [-0.39, 0.29) is 27.4 Å². The number of anilines is 2. The molecular weight excluding hydrogens is 442 g/mol. The van der Waals surface area contributed by atoms with Crippen LogP contribution in [0.2, 0.25) is 5.02 Å². The molecule has 0 saturated heterocycles. The molecule has 0 aliphatic carbocycles. The number of sulfonamides is 1. The fourth-order valence-corrected chi connectivity index (χ4v) is 4.91. The Labute approximate surface area is 187 Å². The van der Waals surface area contributed by atoms with Gasteiger partial charge in [0.25, 0.3) is 5.91 Å². The highest BCUT2D eigenvalue weighted by molar-refractivity contribution is 7.89. The van der Waals surface area contributed by atoms with Crippen molar-refractivity contribution >= 4 is 44.9 Å². The number of nitrogen functional groups attached to an aromatic ring is 1. The number of nitrogens with two attached hydrogens (primary N) is 1. The topological polar surface area (TPSA) is 119 Å². The summed E-state index contributed by atoms with van der Waals surface area (Å²) in [7, 11) is -2.57. The number of ether oxygens (including phenoxy) is 1. The summed E-state index contributed by atoms with van der Waals surface area (Å²) in [5.74, 6) is -1.23. The van der Waals surface area contributed by atoms with Crippen LogP contribution in [-0.2, 0) is 14.8 Å². The fourth-order valence-electron chi connectivity index (χ4n) is 3.01. The minimum Gasteiger partial charge on any atom is -0.465 e. The molecule has 0 aliphatic rings. The molecule has 0 unspecified atom stereocenters. The van der Waals surface area contributed by atoms with Crippen molar-refractivity contribution in [2.75, 3.05) is 31.2 Å². The van der Waals surface area contributed by atoms with E-state index in [1.807, 2.05) is 13.8 Å². The zero-order valence-corrected chi connectivity index (χ0v) is 19.2. The van der Waals surface area contributed by atoms with Crippen molar-refractivity contribution in [3.8, 4) is 0 Å². The minimum absolute atomic E-state index is 0.0332. The Balaban J connectivity index is 2.34. The first-order chi connectivity index (χ1) is 14.6. The van der Waals surface area contributed by atoms with E-state index in [2.05, 4.69) is 5.32 Å².